The minimum atomic E-state index is -1.94. The van der Waals surface area contributed by atoms with E-state index < -0.39 is 16.6 Å². The number of esters is 1. The first kappa shape index (κ1) is 36.3. The van der Waals surface area contributed by atoms with Gasteiger partial charge in [-0.15, -0.1) is 0 Å². The Morgan fingerprint density at radius 1 is 0.795 bits per heavy atom. The van der Waals surface area contributed by atoms with Crippen LogP contribution in [0.5, 0.6) is 0 Å². The first-order chi connectivity index (χ1) is 18.0. The molecule has 0 radical (unpaired) electrons. The van der Waals surface area contributed by atoms with Gasteiger partial charge in [-0.3, -0.25) is 4.79 Å². The third-order valence-corrected chi connectivity index (χ3v) is 18.5. The highest BCUT2D eigenvalue weighted by Gasteiger charge is 2.50. The van der Waals surface area contributed by atoms with E-state index in [-0.39, 0.29) is 28.3 Å². The van der Waals surface area contributed by atoms with Crippen LogP contribution in [0.2, 0.25) is 36.3 Å². The van der Waals surface area contributed by atoms with Gasteiger partial charge in [0.2, 0.25) is 0 Å². The van der Waals surface area contributed by atoms with Crippen LogP contribution in [0.15, 0.2) is 24.3 Å². The van der Waals surface area contributed by atoms with Crippen molar-refractivity contribution in [2.45, 2.75) is 161 Å². The highest BCUT2D eigenvalue weighted by atomic mass is 28.4. The number of carbonyl (C=O) groups is 1. The number of carbonyl (C=O) groups excluding carboxylic acids is 1. The van der Waals surface area contributed by atoms with Crippen molar-refractivity contribution in [1.82, 2.24) is 0 Å². The average Bonchev–Trinajstić information content (AvgIpc) is 3.10. The van der Waals surface area contributed by atoms with Gasteiger partial charge in [-0.25, -0.2) is 0 Å². The molecule has 0 aromatic carbocycles. The van der Waals surface area contributed by atoms with Crippen molar-refractivity contribution in [3.63, 3.8) is 0 Å². The van der Waals surface area contributed by atoms with Crippen LogP contribution in [-0.4, -0.2) is 41.9 Å². The van der Waals surface area contributed by atoms with Gasteiger partial charge in [0, 0.05) is 12.3 Å². The molecule has 0 bridgehead atoms. The van der Waals surface area contributed by atoms with E-state index in [9.17, 15) is 4.79 Å². The summed E-state index contributed by atoms with van der Waals surface area (Å²) in [6.45, 7) is 25.8. The lowest BCUT2D eigenvalue weighted by Gasteiger charge is -2.40. The lowest BCUT2D eigenvalue weighted by atomic mass is 9.89. The van der Waals surface area contributed by atoms with Crippen molar-refractivity contribution >= 4 is 22.6 Å². The first-order valence-corrected chi connectivity index (χ1v) is 21.5. The fraction of sp³-hybridized carbons (Fsp3) is 0.848. The molecule has 4 nitrogen and oxygen atoms in total. The smallest absolute Gasteiger partial charge is 0.305 e. The molecule has 1 fully saturated rings. The van der Waals surface area contributed by atoms with Crippen LogP contribution in [0.1, 0.15) is 113 Å². The molecule has 0 amide bonds. The molecule has 228 valence electrons. The van der Waals surface area contributed by atoms with Gasteiger partial charge in [0.25, 0.3) is 0 Å². The molecule has 1 aliphatic rings. The summed E-state index contributed by atoms with van der Waals surface area (Å²) in [7, 11) is -2.42. The summed E-state index contributed by atoms with van der Waals surface area (Å²) in [6, 6.07) is 0. The SMILES string of the molecule is CCCCCC/C=C\[C@@H]1[C@@H](C/C=C\CCCC(=O)OC)[C@@H](O[Si](C)(C)C(C)(C)C)C[C@H]1O[Si](C)(C)C(C)(C)C. The number of ether oxygens (including phenoxy) is 1. The molecule has 0 heterocycles. The lowest BCUT2D eigenvalue weighted by Crippen LogP contribution is -2.45. The van der Waals surface area contributed by atoms with Crippen LogP contribution in [0.3, 0.4) is 0 Å². The fourth-order valence-electron chi connectivity index (χ4n) is 4.81. The van der Waals surface area contributed by atoms with Gasteiger partial charge in [-0.05, 0) is 80.7 Å². The molecule has 6 heteroatoms. The Labute approximate surface area is 245 Å². The summed E-state index contributed by atoms with van der Waals surface area (Å²) in [4.78, 5) is 11.5. The molecule has 4 atom stereocenters. The van der Waals surface area contributed by atoms with Crippen LogP contribution in [-0.2, 0) is 18.4 Å². The van der Waals surface area contributed by atoms with Crippen LogP contribution >= 0.6 is 0 Å². The molecule has 39 heavy (non-hydrogen) atoms. The maximum absolute atomic E-state index is 11.5. The van der Waals surface area contributed by atoms with Gasteiger partial charge in [0.15, 0.2) is 16.6 Å². The maximum Gasteiger partial charge on any atom is 0.305 e. The van der Waals surface area contributed by atoms with Crippen molar-refractivity contribution in [2.24, 2.45) is 11.8 Å². The van der Waals surface area contributed by atoms with Crippen molar-refractivity contribution in [3.8, 4) is 0 Å². The van der Waals surface area contributed by atoms with E-state index in [1.54, 1.807) is 0 Å². The standard InChI is InChI=1S/C33H64O4Si2/c1-13-14-15-16-17-20-23-27-28(24-21-18-19-22-25-31(34)35-8)30(37-39(11,12)33(5,6)7)26-29(27)36-38(9,10)32(2,3)4/h18,20-21,23,27-30H,13-17,19,22,24-26H2,1-12H3/b21-18-,23-20-/t27-,28-,29-,30+/m1/s1. The summed E-state index contributed by atoms with van der Waals surface area (Å²) in [5, 5.41) is 0.346. The normalized spacial score (nSPS) is 23.3. The third kappa shape index (κ3) is 12.0. The third-order valence-electron chi connectivity index (χ3n) is 9.51. The molecule has 1 aliphatic carbocycles. The second kappa shape index (κ2) is 16.1. The number of rotatable bonds is 16. The Morgan fingerprint density at radius 2 is 1.36 bits per heavy atom. The van der Waals surface area contributed by atoms with Crippen LogP contribution in [0.4, 0.5) is 0 Å². The van der Waals surface area contributed by atoms with Crippen molar-refractivity contribution < 1.29 is 18.4 Å². The largest absolute Gasteiger partial charge is 0.469 e. The second-order valence-electron chi connectivity index (χ2n) is 14.8. The van der Waals surface area contributed by atoms with E-state index in [4.69, 9.17) is 13.6 Å². The summed E-state index contributed by atoms with van der Waals surface area (Å²) in [5.74, 6) is 0.634. The Kier molecular flexibility index (Phi) is 15.0. The molecule has 0 aromatic rings. The van der Waals surface area contributed by atoms with E-state index in [1.165, 1.54) is 32.8 Å². The summed E-state index contributed by atoms with van der Waals surface area (Å²) < 4.78 is 19.1. The first-order valence-electron chi connectivity index (χ1n) is 15.7. The van der Waals surface area contributed by atoms with E-state index >= 15 is 0 Å². The number of hydrogen-bond acceptors (Lipinski definition) is 4. The lowest BCUT2D eigenvalue weighted by molar-refractivity contribution is -0.140. The second-order valence-corrected chi connectivity index (χ2v) is 24.3. The Balaban J connectivity index is 3.23. The predicted molar refractivity (Wildman–Crippen MR) is 173 cm³/mol. The van der Waals surface area contributed by atoms with Crippen molar-refractivity contribution in [3.05, 3.63) is 24.3 Å². The molecular formula is C33H64O4Si2. The highest BCUT2D eigenvalue weighted by molar-refractivity contribution is 6.74. The van der Waals surface area contributed by atoms with Crippen LogP contribution in [0, 0.1) is 11.8 Å². The van der Waals surface area contributed by atoms with Gasteiger partial charge in [0.1, 0.15) is 0 Å². The number of methoxy groups -OCH3 is 1. The molecule has 0 N–H and O–H groups in total. The van der Waals surface area contributed by atoms with E-state index in [0.717, 1.165) is 32.1 Å². The van der Waals surface area contributed by atoms with Gasteiger partial charge >= 0.3 is 5.97 Å². The molecule has 0 unspecified atom stereocenters. The van der Waals surface area contributed by atoms with Crippen LogP contribution in [0.25, 0.3) is 0 Å². The number of allylic oxidation sites excluding steroid dienone is 3. The molecule has 0 aromatic heterocycles. The van der Waals surface area contributed by atoms with Crippen LogP contribution < -0.4 is 0 Å². The molecular weight excluding hydrogens is 517 g/mol. The topological polar surface area (TPSA) is 44.8 Å². The van der Waals surface area contributed by atoms with Crippen molar-refractivity contribution in [2.75, 3.05) is 7.11 Å². The summed E-state index contributed by atoms with van der Waals surface area (Å²) in [6.07, 6.45) is 20.4. The number of hydrogen-bond donors (Lipinski definition) is 0. The Bertz CT molecular complexity index is 774. The zero-order valence-corrected chi connectivity index (χ0v) is 29.8. The predicted octanol–water partition coefficient (Wildman–Crippen LogP) is 10.2. The zero-order chi connectivity index (χ0) is 29.9. The highest BCUT2D eigenvalue weighted by Crippen LogP contribution is 2.47. The zero-order valence-electron chi connectivity index (χ0n) is 27.8. The Hall–Kier alpha value is -0.696. The van der Waals surface area contributed by atoms with E-state index in [0.29, 0.717) is 18.3 Å². The van der Waals surface area contributed by atoms with Gasteiger partial charge in [0.05, 0.1) is 19.3 Å². The van der Waals surface area contributed by atoms with Gasteiger partial charge in [-0.2, -0.15) is 0 Å². The van der Waals surface area contributed by atoms with E-state index in [1.807, 2.05) is 0 Å². The molecule has 1 rings (SSSR count). The number of unbranched alkanes of at least 4 members (excludes halogenated alkanes) is 5. The molecule has 0 spiro atoms. The molecule has 0 aliphatic heterocycles. The quantitative estimate of drug-likeness (QED) is 0.0788. The monoisotopic (exact) mass is 580 g/mol. The molecule has 0 saturated heterocycles. The fourth-order valence-corrected chi connectivity index (χ4v) is 7.56. The minimum Gasteiger partial charge on any atom is -0.469 e. The summed E-state index contributed by atoms with van der Waals surface area (Å²) >= 11 is 0. The summed E-state index contributed by atoms with van der Waals surface area (Å²) in [5.41, 5.74) is 0. The Morgan fingerprint density at radius 3 is 1.90 bits per heavy atom. The van der Waals surface area contributed by atoms with E-state index in [2.05, 4.69) is 99.0 Å². The van der Waals surface area contributed by atoms with Gasteiger partial charge in [-0.1, -0.05) is 92.0 Å². The maximum atomic E-state index is 11.5. The van der Waals surface area contributed by atoms with Gasteiger partial charge < -0.3 is 13.6 Å². The minimum absolute atomic E-state index is 0.128. The molecule has 1 saturated carbocycles. The van der Waals surface area contributed by atoms with Crippen molar-refractivity contribution in [1.29, 1.82) is 0 Å². The average molecular weight is 581 g/mol.